The summed E-state index contributed by atoms with van der Waals surface area (Å²) in [5, 5.41) is 2.59. The number of para-hydroxylation sites is 2. The third kappa shape index (κ3) is 2.15. The van der Waals surface area contributed by atoms with E-state index in [1.807, 2.05) is 0 Å². The molecule has 0 saturated heterocycles. The van der Waals surface area contributed by atoms with E-state index in [2.05, 4.69) is 90.5 Å². The molecule has 2 heteroatoms. The van der Waals surface area contributed by atoms with Crippen LogP contribution in [0.2, 0.25) is 0 Å². The van der Waals surface area contributed by atoms with E-state index in [1.54, 1.807) is 0 Å². The van der Waals surface area contributed by atoms with Crippen molar-refractivity contribution in [3.8, 4) is 11.1 Å². The molecule has 0 saturated carbocycles. The number of hydrogen-bond donors (Lipinski definition) is 0. The second kappa shape index (κ2) is 5.78. The van der Waals surface area contributed by atoms with Crippen LogP contribution in [0.3, 0.4) is 0 Å². The Labute approximate surface area is 136 Å². The predicted octanol–water partition coefficient (Wildman–Crippen LogP) is 1.49. The molecule has 0 atom stereocenters. The van der Waals surface area contributed by atoms with E-state index < -0.39 is 0 Å². The molecule has 0 aliphatic carbocycles. The first-order valence-electron chi connectivity index (χ1n) is 7.21. The summed E-state index contributed by atoms with van der Waals surface area (Å²) in [5.41, 5.74) is 5.11. The van der Waals surface area contributed by atoms with Crippen molar-refractivity contribution in [3.63, 3.8) is 0 Å². The summed E-state index contributed by atoms with van der Waals surface area (Å²) in [7, 11) is 2.14. The molecule has 1 heterocycles. The van der Waals surface area contributed by atoms with Gasteiger partial charge in [0.15, 0.2) is 0 Å². The number of rotatable bonds is 1. The van der Waals surface area contributed by atoms with Gasteiger partial charge in [-0.3, -0.25) is 0 Å². The maximum Gasteiger partial charge on any atom is 0.213 e. The van der Waals surface area contributed by atoms with Crippen LogP contribution in [0.4, 0.5) is 0 Å². The van der Waals surface area contributed by atoms with Crippen LogP contribution in [0.15, 0.2) is 78.9 Å². The molecule has 22 heavy (non-hydrogen) atoms. The van der Waals surface area contributed by atoms with Crippen molar-refractivity contribution in [1.82, 2.24) is 0 Å². The van der Waals surface area contributed by atoms with Crippen LogP contribution in [-0.2, 0) is 7.05 Å². The van der Waals surface area contributed by atoms with Crippen LogP contribution in [-0.4, -0.2) is 0 Å². The van der Waals surface area contributed by atoms with Crippen molar-refractivity contribution in [2.45, 2.75) is 0 Å². The molecule has 0 bridgehead atoms. The highest BCUT2D eigenvalue weighted by atomic mass is 35.5. The highest BCUT2D eigenvalue weighted by Gasteiger charge is 2.17. The number of hydrogen-bond acceptors (Lipinski definition) is 0. The van der Waals surface area contributed by atoms with E-state index in [0.29, 0.717) is 0 Å². The average molecular weight is 306 g/mol. The monoisotopic (exact) mass is 305 g/mol. The third-order valence-corrected chi connectivity index (χ3v) is 4.13. The van der Waals surface area contributed by atoms with Crippen molar-refractivity contribution in [1.29, 1.82) is 0 Å². The summed E-state index contributed by atoms with van der Waals surface area (Å²) in [6.07, 6.45) is 0. The van der Waals surface area contributed by atoms with Crippen LogP contribution in [0, 0.1) is 0 Å². The zero-order chi connectivity index (χ0) is 14.2. The van der Waals surface area contributed by atoms with Gasteiger partial charge in [-0.15, -0.1) is 0 Å². The quantitative estimate of drug-likeness (QED) is 0.371. The van der Waals surface area contributed by atoms with Crippen molar-refractivity contribution in [2.75, 3.05) is 0 Å². The van der Waals surface area contributed by atoms with Gasteiger partial charge in [0.05, 0.1) is 10.8 Å². The number of nitrogens with zero attached hydrogens (tertiary/aromatic N) is 1. The predicted molar refractivity (Wildman–Crippen MR) is 88.1 cm³/mol. The third-order valence-electron chi connectivity index (χ3n) is 4.13. The molecule has 0 N–H and O–H groups in total. The number of aryl methyl sites for hydroxylation is 1. The lowest BCUT2D eigenvalue weighted by atomic mass is 9.96. The summed E-state index contributed by atoms with van der Waals surface area (Å²) in [4.78, 5) is 0. The molecule has 1 nitrogen and oxygen atoms in total. The normalized spacial score (nSPS) is 10.6. The molecule has 4 rings (SSSR count). The number of fused-ring (bicyclic) bond motifs is 2. The Hall–Kier alpha value is -2.38. The lowest BCUT2D eigenvalue weighted by molar-refractivity contribution is -0.617. The molecule has 0 aliphatic rings. The SMILES string of the molecule is C[n+]1c2ccccc2c(-c2ccccc2)c2ccccc21.[Cl-]. The molecule has 0 amide bonds. The van der Waals surface area contributed by atoms with Gasteiger partial charge in [-0.25, -0.2) is 0 Å². The van der Waals surface area contributed by atoms with Crippen LogP contribution in [0.25, 0.3) is 32.9 Å². The van der Waals surface area contributed by atoms with Crippen molar-refractivity contribution < 1.29 is 17.0 Å². The van der Waals surface area contributed by atoms with Crippen molar-refractivity contribution in [3.05, 3.63) is 78.9 Å². The fourth-order valence-corrected chi connectivity index (χ4v) is 3.15. The van der Waals surface area contributed by atoms with Crippen LogP contribution >= 0.6 is 0 Å². The van der Waals surface area contributed by atoms with Gasteiger partial charge in [-0.2, -0.15) is 4.57 Å². The molecule has 4 aromatic rings. The van der Waals surface area contributed by atoms with Crippen molar-refractivity contribution >= 4 is 21.8 Å². The Bertz CT molecular complexity index is 889. The molecule has 0 unspecified atom stereocenters. The van der Waals surface area contributed by atoms with E-state index >= 15 is 0 Å². The Kier molecular flexibility index (Phi) is 3.82. The highest BCUT2D eigenvalue weighted by molar-refractivity contribution is 6.07. The highest BCUT2D eigenvalue weighted by Crippen LogP contribution is 2.33. The van der Waals surface area contributed by atoms with Gasteiger partial charge in [-0.1, -0.05) is 54.6 Å². The van der Waals surface area contributed by atoms with Crippen LogP contribution in [0.5, 0.6) is 0 Å². The summed E-state index contributed by atoms with van der Waals surface area (Å²) in [6.45, 7) is 0. The van der Waals surface area contributed by atoms with E-state index in [4.69, 9.17) is 0 Å². The number of pyridine rings is 1. The van der Waals surface area contributed by atoms with E-state index in [1.165, 1.54) is 32.9 Å². The maximum atomic E-state index is 2.27. The lowest BCUT2D eigenvalue weighted by Gasteiger charge is -2.10. The summed E-state index contributed by atoms with van der Waals surface area (Å²) >= 11 is 0. The standard InChI is InChI=1S/C20H16N.ClH/c1-21-18-13-7-5-11-16(18)20(15-9-3-2-4-10-15)17-12-6-8-14-19(17)21;/h2-14H,1H3;1H/q+1;/p-1. The molecule has 0 fully saturated rings. The number of halogens is 1. The molecule has 0 aliphatic heterocycles. The molecular weight excluding hydrogens is 290 g/mol. The maximum absolute atomic E-state index is 2.27. The Morgan fingerprint density at radius 2 is 1.05 bits per heavy atom. The molecule has 0 spiro atoms. The molecule has 0 radical (unpaired) electrons. The van der Waals surface area contributed by atoms with Gasteiger partial charge in [0.1, 0.15) is 7.05 Å². The topological polar surface area (TPSA) is 3.88 Å². The minimum atomic E-state index is 0. The smallest absolute Gasteiger partial charge is 0.213 e. The molecule has 3 aromatic carbocycles. The van der Waals surface area contributed by atoms with Crippen LogP contribution < -0.4 is 17.0 Å². The van der Waals surface area contributed by atoms with E-state index in [0.717, 1.165) is 0 Å². The number of aromatic nitrogens is 1. The van der Waals surface area contributed by atoms with Gasteiger partial charge in [0.25, 0.3) is 0 Å². The van der Waals surface area contributed by atoms with E-state index in [-0.39, 0.29) is 12.4 Å². The molecule has 1 aromatic heterocycles. The first-order valence-corrected chi connectivity index (χ1v) is 7.21. The Morgan fingerprint density at radius 1 is 0.591 bits per heavy atom. The van der Waals surface area contributed by atoms with Gasteiger partial charge in [0, 0.05) is 17.7 Å². The summed E-state index contributed by atoms with van der Waals surface area (Å²) in [5.74, 6) is 0. The second-order valence-electron chi connectivity index (χ2n) is 5.33. The minimum Gasteiger partial charge on any atom is -1.00 e. The summed E-state index contributed by atoms with van der Waals surface area (Å²) in [6, 6.07) is 27.9. The zero-order valence-electron chi connectivity index (χ0n) is 12.3. The van der Waals surface area contributed by atoms with Gasteiger partial charge >= 0.3 is 0 Å². The Balaban J connectivity index is 0.00000144. The first kappa shape index (κ1) is 14.6. The van der Waals surface area contributed by atoms with E-state index in [9.17, 15) is 0 Å². The zero-order valence-corrected chi connectivity index (χ0v) is 13.1. The van der Waals surface area contributed by atoms with Crippen LogP contribution in [0.1, 0.15) is 0 Å². The summed E-state index contributed by atoms with van der Waals surface area (Å²) < 4.78 is 2.27. The van der Waals surface area contributed by atoms with Gasteiger partial charge in [-0.05, 0) is 17.7 Å². The first-order chi connectivity index (χ1) is 10.4. The largest absolute Gasteiger partial charge is 1.00 e. The van der Waals surface area contributed by atoms with Gasteiger partial charge < -0.3 is 12.4 Å². The van der Waals surface area contributed by atoms with Crippen molar-refractivity contribution in [2.24, 2.45) is 7.05 Å². The second-order valence-corrected chi connectivity index (χ2v) is 5.33. The minimum absolute atomic E-state index is 0. The molecule has 108 valence electrons. The Morgan fingerprint density at radius 3 is 1.59 bits per heavy atom. The molecular formula is C20H16ClN. The fourth-order valence-electron chi connectivity index (χ4n) is 3.15. The fraction of sp³-hybridized carbons (Fsp3) is 0.0500. The van der Waals surface area contributed by atoms with Gasteiger partial charge in [0.2, 0.25) is 11.0 Å². The number of benzene rings is 3. The average Bonchev–Trinajstić information content (AvgIpc) is 2.56. The lowest BCUT2D eigenvalue weighted by Crippen LogP contribution is -3.00.